The second-order valence-corrected chi connectivity index (χ2v) is 5.73. The number of pyridine rings is 1. The van der Waals surface area contributed by atoms with Gasteiger partial charge in [-0.25, -0.2) is 0 Å². The third-order valence-corrected chi connectivity index (χ3v) is 2.74. The van der Waals surface area contributed by atoms with Gasteiger partial charge in [0.25, 0.3) is 0 Å². The van der Waals surface area contributed by atoms with Crippen LogP contribution < -0.4 is 10.1 Å². The summed E-state index contributed by atoms with van der Waals surface area (Å²) in [4.78, 5) is 4.34. The molecular formula is C16H28N2O2. The molecule has 0 bridgehead atoms. The van der Waals surface area contributed by atoms with Crippen LogP contribution in [0.3, 0.4) is 0 Å². The maximum Gasteiger partial charge on any atom is 0.127 e. The molecule has 0 saturated heterocycles. The van der Waals surface area contributed by atoms with Gasteiger partial charge in [0.15, 0.2) is 0 Å². The van der Waals surface area contributed by atoms with Gasteiger partial charge in [0.1, 0.15) is 12.4 Å². The predicted molar refractivity (Wildman–Crippen MR) is 82.1 cm³/mol. The molecular weight excluding hydrogens is 252 g/mol. The quantitative estimate of drug-likeness (QED) is 0.706. The van der Waals surface area contributed by atoms with Gasteiger partial charge in [-0.2, -0.15) is 0 Å². The molecule has 0 atom stereocenters. The molecule has 1 heterocycles. The van der Waals surface area contributed by atoms with Crippen molar-refractivity contribution in [3.63, 3.8) is 0 Å². The molecule has 0 saturated carbocycles. The topological polar surface area (TPSA) is 43.4 Å². The lowest BCUT2D eigenvalue weighted by Crippen LogP contribution is -2.20. The lowest BCUT2D eigenvalue weighted by Gasteiger charge is -2.14. The smallest absolute Gasteiger partial charge is 0.127 e. The zero-order chi connectivity index (χ0) is 15.0. The Morgan fingerprint density at radius 1 is 1.20 bits per heavy atom. The Bertz CT molecular complexity index is 392. The van der Waals surface area contributed by atoms with E-state index < -0.39 is 0 Å². The molecule has 1 rings (SSSR count). The first kappa shape index (κ1) is 16.9. The van der Waals surface area contributed by atoms with Gasteiger partial charge >= 0.3 is 0 Å². The van der Waals surface area contributed by atoms with Crippen molar-refractivity contribution >= 4 is 0 Å². The van der Waals surface area contributed by atoms with Crippen molar-refractivity contribution in [3.8, 4) is 5.75 Å². The van der Waals surface area contributed by atoms with E-state index in [2.05, 4.69) is 24.1 Å². The third-order valence-electron chi connectivity index (χ3n) is 2.74. The third kappa shape index (κ3) is 6.87. The Morgan fingerprint density at radius 3 is 2.60 bits per heavy atom. The first-order chi connectivity index (χ1) is 9.49. The molecule has 0 aliphatic heterocycles. The fourth-order valence-corrected chi connectivity index (χ4v) is 1.76. The van der Waals surface area contributed by atoms with E-state index in [-0.39, 0.29) is 6.10 Å². The summed E-state index contributed by atoms with van der Waals surface area (Å²) in [6.45, 7) is 13.4. The van der Waals surface area contributed by atoms with Crippen LogP contribution in [0.2, 0.25) is 0 Å². The molecule has 4 nitrogen and oxygen atoms in total. The number of hydrogen-bond acceptors (Lipinski definition) is 4. The van der Waals surface area contributed by atoms with E-state index >= 15 is 0 Å². The summed E-state index contributed by atoms with van der Waals surface area (Å²) in [5.41, 5.74) is 2.07. The van der Waals surface area contributed by atoms with E-state index in [0.29, 0.717) is 19.1 Å². The van der Waals surface area contributed by atoms with Crippen molar-refractivity contribution in [1.29, 1.82) is 0 Å². The molecule has 1 aromatic heterocycles. The average molecular weight is 280 g/mol. The number of aryl methyl sites for hydroxylation is 1. The van der Waals surface area contributed by atoms with Crippen LogP contribution in [0.4, 0.5) is 0 Å². The molecule has 0 aliphatic rings. The van der Waals surface area contributed by atoms with Crippen LogP contribution in [0.1, 0.15) is 39.0 Å². The van der Waals surface area contributed by atoms with Crippen LogP contribution in [0.15, 0.2) is 12.3 Å². The van der Waals surface area contributed by atoms with Crippen molar-refractivity contribution in [3.05, 3.63) is 23.5 Å². The molecule has 4 heteroatoms. The summed E-state index contributed by atoms with van der Waals surface area (Å²) in [6.07, 6.45) is 2.13. The van der Waals surface area contributed by atoms with E-state index in [0.717, 1.165) is 30.1 Å². The molecule has 20 heavy (non-hydrogen) atoms. The molecule has 114 valence electrons. The van der Waals surface area contributed by atoms with Crippen LogP contribution in [0, 0.1) is 12.8 Å². The summed E-state index contributed by atoms with van der Waals surface area (Å²) < 4.78 is 11.3. The number of ether oxygens (including phenoxy) is 2. The highest BCUT2D eigenvalue weighted by atomic mass is 16.5. The Balaban J connectivity index is 2.51. The summed E-state index contributed by atoms with van der Waals surface area (Å²) in [5.74, 6) is 1.54. The fraction of sp³-hybridized carbons (Fsp3) is 0.688. The number of hydrogen-bond donors (Lipinski definition) is 1. The highest BCUT2D eigenvalue weighted by Gasteiger charge is 2.06. The van der Waals surface area contributed by atoms with E-state index in [1.54, 1.807) is 0 Å². The van der Waals surface area contributed by atoms with Gasteiger partial charge in [-0.1, -0.05) is 13.8 Å². The fourth-order valence-electron chi connectivity index (χ4n) is 1.76. The SMILES string of the molecule is Cc1cc(OCCOC(C)C)c(CNCC(C)C)cn1. The van der Waals surface area contributed by atoms with Gasteiger partial charge in [-0.15, -0.1) is 0 Å². The average Bonchev–Trinajstić information content (AvgIpc) is 2.36. The molecule has 0 amide bonds. The second-order valence-electron chi connectivity index (χ2n) is 5.73. The van der Waals surface area contributed by atoms with Gasteiger partial charge in [-0.05, 0) is 33.2 Å². The van der Waals surface area contributed by atoms with Crippen molar-refractivity contribution in [2.75, 3.05) is 19.8 Å². The lowest BCUT2D eigenvalue weighted by atomic mass is 10.2. The van der Waals surface area contributed by atoms with Crippen molar-refractivity contribution in [2.45, 2.75) is 47.3 Å². The molecule has 1 aromatic rings. The maximum absolute atomic E-state index is 5.82. The van der Waals surface area contributed by atoms with Crippen LogP contribution in [-0.4, -0.2) is 30.8 Å². The van der Waals surface area contributed by atoms with Crippen LogP contribution in [-0.2, 0) is 11.3 Å². The lowest BCUT2D eigenvalue weighted by molar-refractivity contribution is 0.0550. The molecule has 0 radical (unpaired) electrons. The second kappa shape index (κ2) is 8.93. The Kier molecular flexibility index (Phi) is 7.55. The van der Waals surface area contributed by atoms with Gasteiger partial charge in [-0.3, -0.25) is 4.98 Å². The number of aromatic nitrogens is 1. The minimum Gasteiger partial charge on any atom is -0.491 e. The first-order valence-corrected chi connectivity index (χ1v) is 7.39. The Hall–Kier alpha value is -1.13. The van der Waals surface area contributed by atoms with E-state index in [1.165, 1.54) is 0 Å². The van der Waals surface area contributed by atoms with Crippen LogP contribution in [0.5, 0.6) is 5.75 Å². The maximum atomic E-state index is 5.82. The molecule has 1 N–H and O–H groups in total. The molecule has 0 aliphatic carbocycles. The summed E-state index contributed by atoms with van der Waals surface area (Å²) in [7, 11) is 0. The predicted octanol–water partition coefficient (Wildman–Crippen LogP) is 2.94. The highest BCUT2D eigenvalue weighted by molar-refractivity contribution is 5.32. The van der Waals surface area contributed by atoms with Crippen LogP contribution >= 0.6 is 0 Å². The van der Waals surface area contributed by atoms with Gasteiger partial charge in [0, 0.05) is 30.1 Å². The van der Waals surface area contributed by atoms with E-state index in [9.17, 15) is 0 Å². The highest BCUT2D eigenvalue weighted by Crippen LogP contribution is 2.18. The Labute approximate surface area is 122 Å². The summed E-state index contributed by atoms with van der Waals surface area (Å²) >= 11 is 0. The number of nitrogens with one attached hydrogen (secondary N) is 1. The van der Waals surface area contributed by atoms with Gasteiger partial charge in [0.05, 0.1) is 12.7 Å². The van der Waals surface area contributed by atoms with Gasteiger partial charge in [0.2, 0.25) is 0 Å². The minimum absolute atomic E-state index is 0.241. The van der Waals surface area contributed by atoms with Crippen molar-refractivity contribution in [2.24, 2.45) is 5.92 Å². The number of rotatable bonds is 9. The van der Waals surface area contributed by atoms with Crippen LogP contribution in [0.25, 0.3) is 0 Å². The largest absolute Gasteiger partial charge is 0.491 e. The molecule has 0 aromatic carbocycles. The Morgan fingerprint density at radius 2 is 1.95 bits per heavy atom. The van der Waals surface area contributed by atoms with Crippen molar-refractivity contribution in [1.82, 2.24) is 10.3 Å². The minimum atomic E-state index is 0.241. The monoisotopic (exact) mass is 280 g/mol. The molecule has 0 spiro atoms. The van der Waals surface area contributed by atoms with E-state index in [1.807, 2.05) is 33.0 Å². The zero-order valence-corrected chi connectivity index (χ0v) is 13.4. The van der Waals surface area contributed by atoms with Crippen molar-refractivity contribution < 1.29 is 9.47 Å². The zero-order valence-electron chi connectivity index (χ0n) is 13.4. The molecule has 0 fully saturated rings. The summed E-state index contributed by atoms with van der Waals surface area (Å²) in [6, 6.07) is 1.99. The first-order valence-electron chi connectivity index (χ1n) is 7.39. The summed E-state index contributed by atoms with van der Waals surface area (Å²) in [5, 5.41) is 3.42. The normalized spacial score (nSPS) is 11.3. The standard InChI is InChI=1S/C16H28N2O2/c1-12(2)9-17-10-15-11-18-14(5)8-16(15)20-7-6-19-13(3)4/h8,11-13,17H,6-7,9-10H2,1-5H3. The van der Waals surface area contributed by atoms with E-state index in [4.69, 9.17) is 9.47 Å². The molecule has 0 unspecified atom stereocenters. The number of nitrogens with zero attached hydrogens (tertiary/aromatic N) is 1. The van der Waals surface area contributed by atoms with Gasteiger partial charge < -0.3 is 14.8 Å².